The molecule has 0 aliphatic heterocycles. The van der Waals surface area contributed by atoms with E-state index in [1.807, 2.05) is 0 Å². The van der Waals surface area contributed by atoms with Crippen LogP contribution in [-0.4, -0.2) is 17.6 Å². The van der Waals surface area contributed by atoms with Crippen LogP contribution in [0.5, 0.6) is 0 Å². The number of alkyl halides is 6. The van der Waals surface area contributed by atoms with Gasteiger partial charge in [-0.3, -0.25) is 9.97 Å². The van der Waals surface area contributed by atoms with Crippen molar-refractivity contribution in [3.63, 3.8) is 0 Å². The molecule has 0 unspecified atom stereocenters. The van der Waals surface area contributed by atoms with Gasteiger partial charge in [0.15, 0.2) is 0 Å². The molecule has 0 saturated heterocycles. The van der Waals surface area contributed by atoms with Crippen molar-refractivity contribution in [1.82, 2.24) is 9.97 Å². The average Bonchev–Trinajstić information content (AvgIpc) is 2.49. The third-order valence-corrected chi connectivity index (χ3v) is 2.91. The molecule has 2 aromatic rings. The zero-order valence-corrected chi connectivity index (χ0v) is 15.0. The zero-order valence-electron chi connectivity index (χ0n) is 12.6. The van der Waals surface area contributed by atoms with Gasteiger partial charge >= 0.3 is 37.1 Å². The van der Waals surface area contributed by atoms with Gasteiger partial charge in [0.25, 0.3) is 0 Å². The number of halogens is 7. The van der Waals surface area contributed by atoms with Crippen LogP contribution in [0.4, 0.5) is 37.7 Å². The van der Waals surface area contributed by atoms with Gasteiger partial charge < -0.3 is 11.5 Å². The molecule has 5 nitrogen and oxygen atoms in total. The van der Waals surface area contributed by atoms with E-state index >= 15 is 0 Å². The number of pyridine rings is 2. The van der Waals surface area contributed by atoms with E-state index in [9.17, 15) is 26.3 Å². The number of hydrogen-bond donors (Lipinski definition) is 3. The van der Waals surface area contributed by atoms with Gasteiger partial charge in [0.2, 0.25) is 0 Å². The van der Waals surface area contributed by atoms with Gasteiger partial charge in [0, 0.05) is 23.8 Å². The van der Waals surface area contributed by atoms with E-state index in [1.54, 1.807) is 0 Å². The van der Waals surface area contributed by atoms with Crippen molar-refractivity contribution in [1.29, 1.82) is 0 Å². The second-order valence-corrected chi connectivity index (χ2v) is 5.26. The Morgan fingerprint density at radius 1 is 1.00 bits per heavy atom. The molecule has 0 fully saturated rings. The van der Waals surface area contributed by atoms with Gasteiger partial charge in [-0.2, -0.15) is 26.3 Å². The SMILES string of the molecule is Nc1cc(C(F)(F)F)ncc1Br.Nc1ccnc(C(F)(F)F)c1.[B]=NS. The number of nitrogens with zero attached hydrogens (tertiary/aromatic N) is 3. The first-order chi connectivity index (χ1) is 11.8. The average molecular weight is 461 g/mol. The molecule has 0 aromatic carbocycles. The molecular formula is C12H10BBrF6N5S. The first kappa shape index (κ1) is 24.2. The fourth-order valence-corrected chi connectivity index (χ4v) is 1.43. The second kappa shape index (κ2) is 10.4. The Kier molecular flexibility index (Phi) is 9.63. The molecule has 2 heterocycles. The van der Waals surface area contributed by atoms with Crippen molar-refractivity contribution >= 4 is 47.8 Å². The van der Waals surface area contributed by atoms with E-state index in [0.29, 0.717) is 4.47 Å². The molecule has 26 heavy (non-hydrogen) atoms. The van der Waals surface area contributed by atoms with Gasteiger partial charge in [0.05, 0.1) is 4.47 Å². The van der Waals surface area contributed by atoms with Gasteiger partial charge in [-0.15, -0.1) is 0 Å². The Balaban J connectivity index is 0.000000419. The van der Waals surface area contributed by atoms with Crippen LogP contribution in [0, 0.1) is 0 Å². The molecule has 2 aromatic heterocycles. The van der Waals surface area contributed by atoms with Crippen LogP contribution in [0.2, 0.25) is 0 Å². The molecule has 4 N–H and O–H groups in total. The van der Waals surface area contributed by atoms with E-state index in [1.165, 1.54) is 6.07 Å². The summed E-state index contributed by atoms with van der Waals surface area (Å²) in [5, 5.41) is 0. The van der Waals surface area contributed by atoms with Crippen molar-refractivity contribution in [3.8, 4) is 0 Å². The maximum atomic E-state index is 12.0. The van der Waals surface area contributed by atoms with Crippen molar-refractivity contribution < 1.29 is 26.3 Å². The molecule has 0 atom stereocenters. The van der Waals surface area contributed by atoms with E-state index in [4.69, 9.17) is 11.5 Å². The molecule has 0 bridgehead atoms. The predicted octanol–water partition coefficient (Wildman–Crippen LogP) is 4.31. The van der Waals surface area contributed by atoms with E-state index in [-0.39, 0.29) is 11.4 Å². The molecule has 0 aliphatic carbocycles. The number of rotatable bonds is 0. The maximum absolute atomic E-state index is 12.0. The molecule has 0 saturated carbocycles. The van der Waals surface area contributed by atoms with Crippen molar-refractivity contribution in [2.75, 3.05) is 11.5 Å². The standard InChI is InChI=1S/C6H4BrF3N2.C6H5F3N2.BHNS/c7-3-2-12-5(1-4(3)11)6(8,9)10;7-6(8,9)5-3-4(10)1-2-11-5;1-2-3/h1-2H,(H2,11,12);1-3H,(H2,10,11);3H. The predicted molar refractivity (Wildman–Crippen MR) is 92.2 cm³/mol. The van der Waals surface area contributed by atoms with E-state index in [0.717, 1.165) is 24.5 Å². The quantitative estimate of drug-likeness (QED) is 0.310. The second-order valence-electron chi connectivity index (χ2n) is 4.18. The van der Waals surface area contributed by atoms with Crippen LogP contribution >= 0.6 is 28.7 Å². The fourth-order valence-electron chi connectivity index (χ4n) is 1.21. The first-order valence-corrected chi connectivity index (χ1v) is 7.33. The Bertz CT molecular complexity index is 728. The summed E-state index contributed by atoms with van der Waals surface area (Å²) >= 11 is 6.13. The molecule has 1 radical (unpaired) electrons. The summed E-state index contributed by atoms with van der Waals surface area (Å²) in [6.45, 7) is 0. The zero-order chi connectivity index (χ0) is 20.5. The minimum atomic E-state index is -4.44. The summed E-state index contributed by atoms with van der Waals surface area (Å²) in [5.74, 6) is 0. The Morgan fingerprint density at radius 3 is 1.81 bits per heavy atom. The van der Waals surface area contributed by atoms with Crippen LogP contribution in [0.1, 0.15) is 11.4 Å². The Hall–Kier alpha value is -1.83. The van der Waals surface area contributed by atoms with Gasteiger partial charge in [-0.1, -0.05) is 0 Å². The minimum absolute atomic E-state index is 0.0253. The number of thiol groups is 1. The topological polar surface area (TPSA) is 90.2 Å². The summed E-state index contributed by atoms with van der Waals surface area (Å²) in [6, 6.07) is 2.87. The van der Waals surface area contributed by atoms with Crippen molar-refractivity contribution in [2.45, 2.75) is 12.4 Å². The number of nitrogen functional groups attached to an aromatic ring is 2. The summed E-state index contributed by atoms with van der Waals surface area (Å²) in [4.78, 5) is 6.26. The van der Waals surface area contributed by atoms with Crippen LogP contribution < -0.4 is 11.5 Å². The molecule has 0 amide bonds. The van der Waals surface area contributed by atoms with Crippen LogP contribution in [0.15, 0.2) is 39.4 Å². The summed E-state index contributed by atoms with van der Waals surface area (Å²) < 4.78 is 74.5. The summed E-state index contributed by atoms with van der Waals surface area (Å²) in [5.41, 5.74) is 8.49. The third kappa shape index (κ3) is 9.03. The van der Waals surface area contributed by atoms with E-state index < -0.39 is 23.7 Å². The van der Waals surface area contributed by atoms with Crippen molar-refractivity contribution in [2.24, 2.45) is 4.30 Å². The molecule has 0 spiro atoms. The van der Waals surface area contributed by atoms with Gasteiger partial charge in [-0.25, -0.2) is 0 Å². The van der Waals surface area contributed by atoms with Gasteiger partial charge in [0.1, 0.15) is 11.4 Å². The number of hydrogen-bond acceptors (Lipinski definition) is 6. The third-order valence-electron chi connectivity index (χ3n) is 2.25. The fraction of sp³-hybridized carbons (Fsp3) is 0.167. The normalized spacial score (nSPS) is 10.7. The molecular weight excluding hydrogens is 451 g/mol. The number of aromatic nitrogens is 2. The van der Waals surface area contributed by atoms with Gasteiger partial charge in [-0.05, 0) is 34.1 Å². The summed E-state index contributed by atoms with van der Waals surface area (Å²) in [7, 11) is 4.34. The van der Waals surface area contributed by atoms with E-state index in [2.05, 4.69) is 50.7 Å². The monoisotopic (exact) mass is 460 g/mol. The van der Waals surface area contributed by atoms with Crippen LogP contribution in [-0.2, 0) is 12.4 Å². The first-order valence-electron chi connectivity index (χ1n) is 6.14. The number of anilines is 2. The molecule has 14 heteroatoms. The molecule has 141 valence electrons. The van der Waals surface area contributed by atoms with Crippen LogP contribution in [0.25, 0.3) is 0 Å². The Morgan fingerprint density at radius 2 is 1.46 bits per heavy atom. The van der Waals surface area contributed by atoms with Crippen LogP contribution in [0.3, 0.4) is 0 Å². The molecule has 0 aliphatic rings. The summed E-state index contributed by atoms with van der Waals surface area (Å²) in [6.07, 6.45) is -6.79. The number of nitrogens with two attached hydrogens (primary N) is 2. The van der Waals surface area contributed by atoms with Crippen molar-refractivity contribution in [3.05, 3.63) is 46.5 Å². The molecule has 2 rings (SSSR count). The Labute approximate surface area is 159 Å².